The van der Waals surface area contributed by atoms with Crippen molar-refractivity contribution >= 4 is 21.8 Å². The molecule has 1 heterocycles. The number of pyridine rings is 1. The zero-order valence-corrected chi connectivity index (χ0v) is 11.2. The predicted octanol–water partition coefficient (Wildman–Crippen LogP) is 1.62. The number of alkyl halides is 1. The number of carbonyl (C=O) groups is 1. The minimum Gasteiger partial charge on any atom is -0.340 e. The summed E-state index contributed by atoms with van der Waals surface area (Å²) in [4.78, 5) is 27.9. The number of nitrogens with one attached hydrogen (secondary N) is 1. The SMILES string of the molecule is CN(CC1CC(Br)C1)C(=O)c1cccc(=O)[nH]1. The summed E-state index contributed by atoms with van der Waals surface area (Å²) in [6.45, 7) is 0.748. The molecule has 1 saturated carbocycles. The van der Waals surface area contributed by atoms with Gasteiger partial charge in [0.25, 0.3) is 5.91 Å². The fraction of sp³-hybridized carbons (Fsp3) is 0.500. The molecule has 17 heavy (non-hydrogen) atoms. The lowest BCUT2D eigenvalue weighted by Gasteiger charge is -2.34. The molecule has 1 aliphatic rings. The Labute approximate surface area is 108 Å². The largest absolute Gasteiger partial charge is 0.340 e. The molecule has 0 aliphatic heterocycles. The zero-order chi connectivity index (χ0) is 12.4. The van der Waals surface area contributed by atoms with Gasteiger partial charge in [-0.1, -0.05) is 22.0 Å². The van der Waals surface area contributed by atoms with Crippen LogP contribution in [0.15, 0.2) is 23.0 Å². The summed E-state index contributed by atoms with van der Waals surface area (Å²) in [7, 11) is 1.77. The van der Waals surface area contributed by atoms with Crippen LogP contribution >= 0.6 is 15.9 Å². The fourth-order valence-corrected chi connectivity index (χ4v) is 3.11. The Morgan fingerprint density at radius 1 is 1.53 bits per heavy atom. The van der Waals surface area contributed by atoms with Crippen molar-refractivity contribution in [2.75, 3.05) is 13.6 Å². The number of aromatic amines is 1. The van der Waals surface area contributed by atoms with E-state index in [9.17, 15) is 9.59 Å². The van der Waals surface area contributed by atoms with Gasteiger partial charge < -0.3 is 9.88 Å². The summed E-state index contributed by atoms with van der Waals surface area (Å²) in [5.74, 6) is 0.449. The first-order valence-corrected chi connectivity index (χ1v) is 6.56. The molecule has 2 rings (SSSR count). The number of hydrogen-bond acceptors (Lipinski definition) is 2. The predicted molar refractivity (Wildman–Crippen MR) is 69.5 cm³/mol. The lowest BCUT2D eigenvalue weighted by Crippen LogP contribution is -2.38. The van der Waals surface area contributed by atoms with E-state index < -0.39 is 0 Å². The topological polar surface area (TPSA) is 53.2 Å². The first-order valence-electron chi connectivity index (χ1n) is 5.65. The van der Waals surface area contributed by atoms with Crippen LogP contribution in [0.3, 0.4) is 0 Å². The number of aromatic nitrogens is 1. The second-order valence-corrected chi connectivity index (χ2v) is 5.84. The summed E-state index contributed by atoms with van der Waals surface area (Å²) in [5.41, 5.74) is 0.114. The second kappa shape index (κ2) is 5.04. The molecular weight excluding hydrogens is 284 g/mol. The Kier molecular flexibility index (Phi) is 3.66. The van der Waals surface area contributed by atoms with Crippen molar-refractivity contribution in [1.29, 1.82) is 0 Å². The van der Waals surface area contributed by atoms with Gasteiger partial charge in [-0.2, -0.15) is 0 Å². The number of nitrogens with zero attached hydrogens (tertiary/aromatic N) is 1. The van der Waals surface area contributed by atoms with Crippen LogP contribution in [-0.4, -0.2) is 34.2 Å². The van der Waals surface area contributed by atoms with Crippen molar-refractivity contribution in [2.45, 2.75) is 17.7 Å². The molecule has 0 aromatic carbocycles. The van der Waals surface area contributed by atoms with Crippen LogP contribution in [0.5, 0.6) is 0 Å². The molecule has 1 fully saturated rings. The van der Waals surface area contributed by atoms with Gasteiger partial charge >= 0.3 is 0 Å². The van der Waals surface area contributed by atoms with Crippen molar-refractivity contribution in [1.82, 2.24) is 9.88 Å². The highest BCUT2D eigenvalue weighted by molar-refractivity contribution is 9.09. The lowest BCUT2D eigenvalue weighted by atomic mass is 9.85. The third kappa shape index (κ3) is 2.97. The summed E-state index contributed by atoms with van der Waals surface area (Å²) < 4.78 is 0. The van der Waals surface area contributed by atoms with Gasteiger partial charge in [0.1, 0.15) is 5.69 Å². The molecular formula is C12H15BrN2O2. The van der Waals surface area contributed by atoms with Crippen LogP contribution in [0.1, 0.15) is 23.3 Å². The number of H-pyrrole nitrogens is 1. The van der Waals surface area contributed by atoms with Gasteiger partial charge in [-0.25, -0.2) is 0 Å². The highest BCUT2D eigenvalue weighted by atomic mass is 79.9. The van der Waals surface area contributed by atoms with Crippen LogP contribution in [-0.2, 0) is 0 Å². The Balaban J connectivity index is 1.97. The van der Waals surface area contributed by atoms with Crippen LogP contribution in [0, 0.1) is 5.92 Å². The van der Waals surface area contributed by atoms with E-state index in [2.05, 4.69) is 20.9 Å². The Morgan fingerprint density at radius 3 is 2.82 bits per heavy atom. The van der Waals surface area contributed by atoms with Gasteiger partial charge in [-0.15, -0.1) is 0 Å². The molecule has 1 N–H and O–H groups in total. The van der Waals surface area contributed by atoms with Gasteiger partial charge in [0.15, 0.2) is 0 Å². The van der Waals surface area contributed by atoms with E-state index in [1.807, 2.05) is 0 Å². The Hall–Kier alpha value is -1.10. The van der Waals surface area contributed by atoms with E-state index in [1.54, 1.807) is 24.1 Å². The van der Waals surface area contributed by atoms with Gasteiger partial charge in [-0.05, 0) is 24.8 Å². The normalized spacial score (nSPS) is 22.9. The van der Waals surface area contributed by atoms with Gasteiger partial charge in [0.05, 0.1) is 0 Å². The molecule has 0 radical (unpaired) electrons. The molecule has 4 nitrogen and oxygen atoms in total. The van der Waals surface area contributed by atoms with Crippen LogP contribution in [0.4, 0.5) is 0 Å². The van der Waals surface area contributed by atoms with E-state index in [0.29, 0.717) is 16.4 Å². The highest BCUT2D eigenvalue weighted by Gasteiger charge is 2.29. The van der Waals surface area contributed by atoms with Crippen molar-refractivity contribution in [2.24, 2.45) is 5.92 Å². The molecule has 0 atom stereocenters. The molecule has 0 unspecified atom stereocenters. The van der Waals surface area contributed by atoms with Crippen LogP contribution < -0.4 is 5.56 Å². The minimum absolute atomic E-state index is 0.124. The van der Waals surface area contributed by atoms with Crippen LogP contribution in [0.2, 0.25) is 0 Å². The third-order valence-corrected chi connectivity index (χ3v) is 3.80. The Bertz CT molecular complexity index is 466. The molecule has 1 aromatic rings. The minimum atomic E-state index is -0.242. The molecule has 5 heteroatoms. The molecule has 1 aromatic heterocycles. The van der Waals surface area contributed by atoms with E-state index in [1.165, 1.54) is 6.07 Å². The zero-order valence-electron chi connectivity index (χ0n) is 9.65. The number of halogens is 1. The maximum atomic E-state index is 12.0. The van der Waals surface area contributed by atoms with Crippen molar-refractivity contribution in [3.8, 4) is 0 Å². The maximum absolute atomic E-state index is 12.0. The second-order valence-electron chi connectivity index (χ2n) is 4.55. The highest BCUT2D eigenvalue weighted by Crippen LogP contribution is 2.33. The third-order valence-electron chi connectivity index (χ3n) is 3.06. The van der Waals surface area contributed by atoms with E-state index in [4.69, 9.17) is 0 Å². The number of hydrogen-bond donors (Lipinski definition) is 1. The van der Waals surface area contributed by atoms with Crippen molar-refractivity contribution in [3.63, 3.8) is 0 Å². The smallest absolute Gasteiger partial charge is 0.270 e. The molecule has 0 bridgehead atoms. The summed E-state index contributed by atoms with van der Waals surface area (Å²) in [6.07, 6.45) is 2.23. The first-order chi connectivity index (χ1) is 8.06. The van der Waals surface area contributed by atoms with Crippen molar-refractivity contribution in [3.05, 3.63) is 34.2 Å². The lowest BCUT2D eigenvalue weighted by molar-refractivity contribution is 0.0742. The molecule has 1 amide bonds. The maximum Gasteiger partial charge on any atom is 0.270 e. The quantitative estimate of drug-likeness (QED) is 0.862. The van der Waals surface area contributed by atoms with Crippen molar-refractivity contribution < 1.29 is 4.79 Å². The van der Waals surface area contributed by atoms with Gasteiger partial charge in [-0.3, -0.25) is 9.59 Å². The van der Waals surface area contributed by atoms with E-state index in [0.717, 1.165) is 19.4 Å². The molecule has 92 valence electrons. The van der Waals surface area contributed by atoms with E-state index in [-0.39, 0.29) is 11.5 Å². The molecule has 0 saturated heterocycles. The summed E-state index contributed by atoms with van der Waals surface area (Å²) in [6, 6.07) is 4.63. The van der Waals surface area contributed by atoms with Gasteiger partial charge in [0.2, 0.25) is 5.56 Å². The number of carbonyl (C=O) groups excluding carboxylic acids is 1. The van der Waals surface area contributed by atoms with E-state index >= 15 is 0 Å². The summed E-state index contributed by atoms with van der Waals surface area (Å²) in [5, 5.41) is 0. The fourth-order valence-electron chi connectivity index (χ4n) is 2.05. The summed E-state index contributed by atoms with van der Waals surface area (Å²) >= 11 is 3.53. The number of rotatable bonds is 3. The molecule has 0 spiro atoms. The standard InChI is InChI=1S/C12H15BrN2O2/c1-15(7-8-5-9(13)6-8)12(17)10-3-2-4-11(16)14-10/h2-4,8-9H,5-7H2,1H3,(H,14,16). The monoisotopic (exact) mass is 298 g/mol. The molecule has 1 aliphatic carbocycles. The first kappa shape index (κ1) is 12.4. The average Bonchev–Trinajstić information content (AvgIpc) is 2.26. The average molecular weight is 299 g/mol. The van der Waals surface area contributed by atoms with Crippen LogP contribution in [0.25, 0.3) is 0 Å². The number of amides is 1. The van der Waals surface area contributed by atoms with Gasteiger partial charge in [0, 0.05) is 24.5 Å². The Morgan fingerprint density at radius 2 is 2.24 bits per heavy atom.